The minimum atomic E-state index is -1.32. The van der Waals surface area contributed by atoms with Gasteiger partial charge in [0.25, 0.3) is 0 Å². The lowest BCUT2D eigenvalue weighted by atomic mass is 9.83. The van der Waals surface area contributed by atoms with Crippen LogP contribution in [-0.4, -0.2) is 102 Å². The van der Waals surface area contributed by atoms with E-state index in [1.165, 1.54) is 11.8 Å². The Balaban J connectivity index is 2.55. The van der Waals surface area contributed by atoms with E-state index in [2.05, 4.69) is 28.2 Å². The summed E-state index contributed by atoms with van der Waals surface area (Å²) in [7, 11) is 1.63. The zero-order valence-corrected chi connectivity index (χ0v) is 30.4. The molecule has 1 saturated carbocycles. The number of likely N-dealkylation sites (N-methyl/N-ethyl adjacent to an activating group) is 1. The van der Waals surface area contributed by atoms with Gasteiger partial charge in [-0.3, -0.25) is 24.0 Å². The van der Waals surface area contributed by atoms with Crippen molar-refractivity contribution >= 4 is 29.5 Å². The fraction of sp³-hybridized carbons (Fsp3) is 0.857. The average molecular weight is 681 g/mol. The summed E-state index contributed by atoms with van der Waals surface area (Å²) in [6.45, 7) is 10.8. The molecule has 13 heteroatoms. The van der Waals surface area contributed by atoms with Crippen molar-refractivity contribution in [3.8, 4) is 0 Å². The second-order valence-corrected chi connectivity index (χ2v) is 14.4. The highest BCUT2D eigenvalue weighted by Gasteiger charge is 2.39. The number of hydrogen-bond acceptors (Lipinski definition) is 8. The monoisotopic (exact) mass is 680 g/mol. The van der Waals surface area contributed by atoms with Crippen molar-refractivity contribution in [2.45, 2.75) is 155 Å². The SMILES string of the molecule is CCCCCC[C@H]1OC[C@H](C)NC(=O)[C@H]([C@H](C)O)NC(=O)[C@H](CN)NC(=O)[C@H](C2CCCCC2)NC(=O)[C@H](CC(C)C)N(C)C(=O)[C@@H]1C. The van der Waals surface area contributed by atoms with E-state index in [4.69, 9.17) is 10.5 Å². The Morgan fingerprint density at radius 1 is 0.875 bits per heavy atom. The van der Waals surface area contributed by atoms with E-state index >= 15 is 0 Å². The Hall–Kier alpha value is -2.77. The van der Waals surface area contributed by atoms with Crippen LogP contribution in [0.25, 0.3) is 0 Å². The minimum absolute atomic E-state index is 0.0765. The number of hydrogen-bond donors (Lipinski definition) is 6. The summed E-state index contributed by atoms with van der Waals surface area (Å²) in [5, 5.41) is 21.5. The number of nitrogens with one attached hydrogen (secondary N) is 4. The Morgan fingerprint density at radius 2 is 1.54 bits per heavy atom. The van der Waals surface area contributed by atoms with Crippen LogP contribution in [-0.2, 0) is 28.7 Å². The lowest BCUT2D eigenvalue weighted by molar-refractivity contribution is -0.147. The normalized spacial score (nSPS) is 30.4. The number of aliphatic hydroxyl groups is 1. The Kier molecular flexibility index (Phi) is 17.8. The van der Waals surface area contributed by atoms with Gasteiger partial charge in [0.15, 0.2) is 0 Å². The molecule has 0 aromatic heterocycles. The van der Waals surface area contributed by atoms with Gasteiger partial charge in [-0.15, -0.1) is 0 Å². The number of amides is 5. The summed E-state index contributed by atoms with van der Waals surface area (Å²) in [6, 6.07) is -4.85. The first kappa shape index (κ1) is 41.4. The number of carbonyl (C=O) groups is 5. The quantitative estimate of drug-likeness (QED) is 0.188. The molecule has 0 aromatic carbocycles. The van der Waals surface area contributed by atoms with Crippen molar-refractivity contribution in [3.63, 3.8) is 0 Å². The number of aliphatic hydroxyl groups excluding tert-OH is 1. The second kappa shape index (κ2) is 20.7. The average Bonchev–Trinajstić information content (AvgIpc) is 3.05. The molecule has 48 heavy (non-hydrogen) atoms. The molecular weight excluding hydrogens is 616 g/mol. The molecule has 0 bridgehead atoms. The van der Waals surface area contributed by atoms with Crippen LogP contribution >= 0.6 is 0 Å². The molecule has 2 aliphatic rings. The summed E-state index contributed by atoms with van der Waals surface area (Å²) < 4.78 is 6.30. The number of ether oxygens (including phenoxy) is 1. The molecule has 0 radical (unpaired) electrons. The van der Waals surface area contributed by atoms with Crippen LogP contribution in [0.2, 0.25) is 0 Å². The van der Waals surface area contributed by atoms with Crippen LogP contribution < -0.4 is 27.0 Å². The standard InChI is InChI=1S/C35H64N6O7/c1-8-9-10-14-17-28-23(5)35(47)41(7)27(18-21(2)3)32(44)40-30(25-15-12-11-13-16-25)34(46)38-26(19-36)31(43)39-29(24(6)42)33(45)37-22(4)20-48-28/h21-30,42H,8-20,36H2,1-7H3,(H,37,45)(H,38,46)(H,39,43)(H,40,44)/t22-,23+,24-,26-,27-,28+,29-,30-/m0/s1. The van der Waals surface area contributed by atoms with Gasteiger partial charge in [0, 0.05) is 19.6 Å². The summed E-state index contributed by atoms with van der Waals surface area (Å²) in [5.74, 6) is -3.26. The van der Waals surface area contributed by atoms with Gasteiger partial charge < -0.3 is 41.7 Å². The number of carbonyl (C=O) groups excluding carboxylic acids is 5. The second-order valence-electron chi connectivity index (χ2n) is 14.4. The van der Waals surface area contributed by atoms with E-state index in [0.717, 1.165) is 57.8 Å². The van der Waals surface area contributed by atoms with E-state index in [1.807, 2.05) is 20.8 Å². The zero-order chi connectivity index (χ0) is 36.0. The zero-order valence-electron chi connectivity index (χ0n) is 30.4. The van der Waals surface area contributed by atoms with Crippen LogP contribution in [0.4, 0.5) is 0 Å². The molecule has 7 N–H and O–H groups in total. The van der Waals surface area contributed by atoms with E-state index in [0.29, 0.717) is 12.8 Å². The third-order valence-corrected chi connectivity index (χ3v) is 9.68. The number of rotatable bonds is 10. The van der Waals surface area contributed by atoms with Crippen molar-refractivity contribution in [1.82, 2.24) is 26.2 Å². The Labute approximate surface area is 287 Å². The highest BCUT2D eigenvalue weighted by Crippen LogP contribution is 2.28. The lowest BCUT2D eigenvalue weighted by Crippen LogP contribution is -2.62. The van der Waals surface area contributed by atoms with Crippen LogP contribution in [0.15, 0.2) is 0 Å². The topological polar surface area (TPSA) is 192 Å². The third-order valence-electron chi connectivity index (χ3n) is 9.68. The molecule has 2 fully saturated rings. The maximum absolute atomic E-state index is 14.1. The van der Waals surface area contributed by atoms with Gasteiger partial charge in [-0.1, -0.05) is 72.6 Å². The van der Waals surface area contributed by atoms with E-state index < -0.39 is 72.0 Å². The highest BCUT2D eigenvalue weighted by molar-refractivity contribution is 5.96. The molecule has 13 nitrogen and oxygen atoms in total. The predicted molar refractivity (Wildman–Crippen MR) is 184 cm³/mol. The van der Waals surface area contributed by atoms with Crippen LogP contribution in [0.5, 0.6) is 0 Å². The van der Waals surface area contributed by atoms with Gasteiger partial charge in [0.1, 0.15) is 24.2 Å². The third kappa shape index (κ3) is 12.6. The molecule has 0 unspecified atom stereocenters. The molecule has 0 spiro atoms. The van der Waals surface area contributed by atoms with Crippen LogP contribution in [0.1, 0.15) is 112 Å². The van der Waals surface area contributed by atoms with E-state index in [9.17, 15) is 29.1 Å². The predicted octanol–water partition coefficient (Wildman–Crippen LogP) is 1.74. The van der Waals surface area contributed by atoms with E-state index in [-0.39, 0.29) is 30.9 Å². The molecule has 2 rings (SSSR count). The fourth-order valence-electron chi connectivity index (χ4n) is 6.68. The molecule has 1 heterocycles. The summed E-state index contributed by atoms with van der Waals surface area (Å²) >= 11 is 0. The summed E-state index contributed by atoms with van der Waals surface area (Å²) in [5.41, 5.74) is 5.92. The largest absolute Gasteiger partial charge is 0.391 e. The first-order chi connectivity index (χ1) is 22.7. The maximum Gasteiger partial charge on any atom is 0.245 e. The van der Waals surface area contributed by atoms with Gasteiger partial charge in [-0.05, 0) is 51.4 Å². The molecule has 5 amide bonds. The molecule has 276 valence electrons. The van der Waals surface area contributed by atoms with Crippen LogP contribution in [0, 0.1) is 17.8 Å². The minimum Gasteiger partial charge on any atom is -0.391 e. The number of nitrogens with two attached hydrogens (primary N) is 1. The number of nitrogens with zero attached hydrogens (tertiary/aromatic N) is 1. The highest BCUT2D eigenvalue weighted by atomic mass is 16.5. The molecule has 8 atom stereocenters. The molecule has 1 saturated heterocycles. The van der Waals surface area contributed by atoms with Crippen molar-refractivity contribution in [2.75, 3.05) is 20.2 Å². The summed E-state index contributed by atoms with van der Waals surface area (Å²) in [6.07, 6.45) is 7.52. The lowest BCUT2D eigenvalue weighted by Gasteiger charge is -2.36. The van der Waals surface area contributed by atoms with Gasteiger partial charge in [0.2, 0.25) is 29.5 Å². The number of unbranched alkanes of at least 4 members (excludes halogenated alkanes) is 3. The maximum atomic E-state index is 14.1. The van der Waals surface area contributed by atoms with E-state index in [1.54, 1.807) is 14.0 Å². The van der Waals surface area contributed by atoms with Gasteiger partial charge in [-0.2, -0.15) is 0 Å². The molecule has 0 aromatic rings. The first-order valence-electron chi connectivity index (χ1n) is 18.2. The van der Waals surface area contributed by atoms with Gasteiger partial charge in [0.05, 0.1) is 24.7 Å². The Bertz CT molecular complexity index is 1050. The molecule has 1 aliphatic heterocycles. The van der Waals surface area contributed by atoms with Gasteiger partial charge >= 0.3 is 0 Å². The van der Waals surface area contributed by atoms with Crippen molar-refractivity contribution in [2.24, 2.45) is 23.5 Å². The first-order valence-corrected chi connectivity index (χ1v) is 18.2. The van der Waals surface area contributed by atoms with Crippen LogP contribution in [0.3, 0.4) is 0 Å². The smallest absolute Gasteiger partial charge is 0.245 e. The van der Waals surface area contributed by atoms with Gasteiger partial charge in [-0.25, -0.2) is 0 Å². The fourth-order valence-corrected chi connectivity index (χ4v) is 6.68. The molecule has 1 aliphatic carbocycles. The molecular formula is C35H64N6O7. The van der Waals surface area contributed by atoms with Crippen molar-refractivity contribution < 1.29 is 33.8 Å². The van der Waals surface area contributed by atoms with Crippen molar-refractivity contribution in [3.05, 3.63) is 0 Å². The Morgan fingerprint density at radius 3 is 2.12 bits per heavy atom. The summed E-state index contributed by atoms with van der Waals surface area (Å²) in [4.78, 5) is 70.1. The van der Waals surface area contributed by atoms with Crippen molar-refractivity contribution in [1.29, 1.82) is 0 Å².